The van der Waals surface area contributed by atoms with Gasteiger partial charge in [-0.25, -0.2) is 0 Å². The number of allylic oxidation sites excluding steroid dienone is 1. The van der Waals surface area contributed by atoms with Gasteiger partial charge in [-0.15, -0.1) is 6.58 Å². The molecule has 0 heterocycles. The van der Waals surface area contributed by atoms with Gasteiger partial charge in [0.25, 0.3) is 6.47 Å². The number of fused-ring (bicyclic) bond motifs is 3. The molecule has 1 aliphatic carbocycles. The Kier molecular flexibility index (Phi) is 106. The van der Waals surface area contributed by atoms with Gasteiger partial charge in [-0.2, -0.15) is 0 Å². The highest BCUT2D eigenvalue weighted by Crippen LogP contribution is 2.44. The molecule has 0 amide bonds. The zero-order chi connectivity index (χ0) is 91.8. The number of esters is 5. The fourth-order valence-corrected chi connectivity index (χ4v) is 12.2. The molecule has 680 valence electrons. The van der Waals surface area contributed by atoms with Crippen LogP contribution in [0.3, 0.4) is 0 Å². The fraction of sp³-hybridized carbons (Fsp3) is 0.485. The van der Waals surface area contributed by atoms with E-state index in [0.717, 1.165) is 54.2 Å². The number of hydrogen-bond acceptors (Lipinski definition) is 15. The van der Waals surface area contributed by atoms with E-state index in [1.165, 1.54) is 125 Å². The number of aliphatic hydroxyl groups excluding tert-OH is 1. The molecular weight excluding hydrogens is 1530 g/mol. The van der Waals surface area contributed by atoms with Crippen molar-refractivity contribution in [1.29, 1.82) is 0 Å². The molecule has 8 rings (SSSR count). The van der Waals surface area contributed by atoms with Crippen LogP contribution in [0.5, 0.6) is 0 Å². The lowest BCUT2D eigenvalue weighted by Crippen LogP contribution is -2.21. The number of rotatable bonds is 24. The van der Waals surface area contributed by atoms with Gasteiger partial charge in [0.05, 0.1) is 13.2 Å². The van der Waals surface area contributed by atoms with Crippen LogP contribution in [0.2, 0.25) is 44.8 Å². The van der Waals surface area contributed by atoms with Crippen molar-refractivity contribution in [3.63, 3.8) is 0 Å². The second-order valence-electron chi connectivity index (χ2n) is 28.4. The minimum atomic E-state index is -0.720. The van der Waals surface area contributed by atoms with E-state index in [1.807, 2.05) is 174 Å². The SMILES string of the molecule is C.C.C=CCCC.C=CCOC(C)=O.CC.CC.CC(=O)OCC1c2ccccc2-c2ccccc21.CC(=O)OCCC[SiH](C)C.CC(=O)OCc1ccccc1.CC(C)=O.CC(C)C[Si](C)(C)C.CCC.CCC(C)C.CCOCOC(C)=O.CCc1ccc(CO)cc1.CCc1ccccc1.Cc1ccccc1.O=COCc1ccccc1. The van der Waals surface area contributed by atoms with Crippen LogP contribution in [-0.4, -0.2) is 97.3 Å². The highest BCUT2D eigenvalue weighted by atomic mass is 28.3. The minimum Gasteiger partial charge on any atom is -0.466 e. The Morgan fingerprint density at radius 3 is 1.11 bits per heavy atom. The Balaban J connectivity index is -0.000000138. The van der Waals surface area contributed by atoms with E-state index in [-0.39, 0.29) is 69.8 Å². The number of benzene rings is 7. The highest BCUT2D eigenvalue weighted by molar-refractivity contribution is 6.76. The van der Waals surface area contributed by atoms with Gasteiger partial charge in [-0.05, 0) is 115 Å². The van der Waals surface area contributed by atoms with Crippen molar-refractivity contribution in [3.8, 4) is 11.1 Å². The second-order valence-corrected chi connectivity index (χ2v) is 37.3. The summed E-state index contributed by atoms with van der Waals surface area (Å²) in [5.74, 6) is 0.924. The van der Waals surface area contributed by atoms with Crippen LogP contribution in [0, 0.1) is 18.8 Å². The lowest BCUT2D eigenvalue weighted by molar-refractivity contribution is -0.153. The Morgan fingerprint density at radius 1 is 0.483 bits per heavy atom. The standard InChI is InChI=1S/C16H14O2.C9H10O2.C9H12O.C8H8O2.C8H10.C7H16O2Si.C7H18Si.C7H8.C5H10O3.C5H8O2.C5H12.C5H10.C3H6O.C3H8.2C2H6.2CH4/c1-11(17)18-10-16-14-8-4-2-6-12(14)13-7-3-5-9-15(13)16;1-8(10)11-7-9-5-3-2-4-6-9;1-2-8-3-5-9(7-10)6-4-8;9-7-10-6-8-4-2-1-3-5-8;1-2-8-6-4-3-5-7-8;1-7(8)9-5-4-6-10(2)3;1-7(2)6-8(3,4)5;1-7-5-3-2-4-6-7;1-3-7-4-8-5(2)6;1-3-4-7-5(2)6;1-4-5(2)3;1-3-5-4-2;1-3(2)4;1-3-2;2*1-2;;/h2-9,16H,10H2,1H3;2-6H,7H2,1H3;3-6,10H,2,7H2,1H3;1-5,7H,6H2;3-7H,2H2,1H3;10H,4-6H2,1-3H3;7H,6H2,1-5H3;2-6H,1H3;3-4H2,1-2H3;3H,1,4H2,2H3;5H,4H2,1-3H3;3H,1,4-5H2,2H3;1-2H3;3H2,1-2H3;2*1-2H3;2*1H4. The van der Waals surface area contributed by atoms with Gasteiger partial charge in [0.1, 0.15) is 32.2 Å². The molecule has 7 aromatic rings. The second kappa shape index (κ2) is 97.0. The summed E-state index contributed by atoms with van der Waals surface area (Å²) < 4.78 is 32.9. The lowest BCUT2D eigenvalue weighted by atomic mass is 9.98. The van der Waals surface area contributed by atoms with Crippen LogP contribution in [0.25, 0.3) is 11.1 Å². The Labute approximate surface area is 736 Å². The first kappa shape index (κ1) is 132. The Morgan fingerprint density at radius 2 is 0.842 bits per heavy atom. The number of ketones is 1. The zero-order valence-corrected chi connectivity index (χ0v) is 80.8. The van der Waals surface area contributed by atoms with E-state index in [1.54, 1.807) is 0 Å². The molecule has 0 saturated heterocycles. The maximum atomic E-state index is 11.0. The molecule has 17 heteroatoms. The first-order valence-electron chi connectivity index (χ1n) is 42.1. The molecule has 0 bridgehead atoms. The maximum absolute atomic E-state index is 11.0. The van der Waals surface area contributed by atoms with Crippen molar-refractivity contribution in [2.24, 2.45) is 11.8 Å². The smallest absolute Gasteiger partial charge is 0.304 e. The van der Waals surface area contributed by atoms with Crippen LogP contribution in [0.15, 0.2) is 219 Å². The monoisotopic (exact) mass is 1700 g/mol. The molecule has 15 nitrogen and oxygen atoms in total. The molecule has 0 aromatic heterocycles. The maximum Gasteiger partial charge on any atom is 0.304 e. The summed E-state index contributed by atoms with van der Waals surface area (Å²) in [5.41, 5.74) is 12.1. The quantitative estimate of drug-likeness (QED) is 0.0114. The molecule has 1 N–H and O–H groups in total. The summed E-state index contributed by atoms with van der Waals surface area (Å²) in [6.07, 6.45) is 11.6. The topological polar surface area (TPSA) is 204 Å². The Hall–Kier alpha value is -9.14. The minimum absolute atomic E-state index is 0. The molecule has 0 fully saturated rings. The third kappa shape index (κ3) is 101. The molecule has 0 radical (unpaired) electrons. The third-order valence-electron chi connectivity index (χ3n) is 14.2. The lowest BCUT2D eigenvalue weighted by Gasteiger charge is -2.17. The van der Waals surface area contributed by atoms with Gasteiger partial charge in [0.2, 0.25) is 0 Å². The molecule has 0 atom stereocenters. The molecule has 120 heavy (non-hydrogen) atoms. The summed E-state index contributed by atoms with van der Waals surface area (Å²) in [5, 5.41) is 8.70. The van der Waals surface area contributed by atoms with E-state index >= 15 is 0 Å². The van der Waals surface area contributed by atoms with Crippen molar-refractivity contribution in [2.75, 3.05) is 33.2 Å². The van der Waals surface area contributed by atoms with E-state index in [2.05, 4.69) is 197 Å². The number of hydrogen-bond donors (Lipinski definition) is 1. The van der Waals surface area contributed by atoms with Gasteiger partial charge in [-0.3, -0.25) is 28.8 Å². The van der Waals surface area contributed by atoms with Crippen molar-refractivity contribution in [2.45, 2.75) is 290 Å². The summed E-state index contributed by atoms with van der Waals surface area (Å²) >= 11 is 0. The summed E-state index contributed by atoms with van der Waals surface area (Å²) in [6, 6.07) is 67.2. The summed E-state index contributed by atoms with van der Waals surface area (Å²) in [4.78, 5) is 70.8. The first-order valence-corrected chi connectivity index (χ1v) is 48.9. The number of aliphatic hydroxyl groups is 1. The van der Waals surface area contributed by atoms with Crippen LogP contribution >= 0.6 is 0 Å². The number of carbonyl (C=O) groups excluding carboxylic acids is 7. The molecule has 1 aliphatic rings. The number of ether oxygens (including phenoxy) is 7. The van der Waals surface area contributed by atoms with E-state index in [0.29, 0.717) is 46.1 Å². The van der Waals surface area contributed by atoms with Crippen LogP contribution in [-0.2, 0) is 99.4 Å². The average molecular weight is 1700 g/mol. The molecular formula is C103H170O15Si2. The van der Waals surface area contributed by atoms with Gasteiger partial charge in [0.15, 0.2) is 6.79 Å². The zero-order valence-electron chi connectivity index (χ0n) is 78.6. The van der Waals surface area contributed by atoms with Crippen molar-refractivity contribution < 1.29 is 71.8 Å². The number of aryl methyl sites for hydroxylation is 3. The van der Waals surface area contributed by atoms with Crippen LogP contribution < -0.4 is 0 Å². The predicted molar refractivity (Wildman–Crippen MR) is 520 cm³/mol. The Bertz CT molecular complexity index is 3340. The predicted octanol–water partition coefficient (Wildman–Crippen LogP) is 27.5. The normalized spacial score (nSPS) is 9.33. The van der Waals surface area contributed by atoms with Crippen LogP contribution in [0.1, 0.15) is 250 Å². The molecule has 7 aromatic carbocycles. The molecule has 0 aliphatic heterocycles. The molecule has 0 spiro atoms. The van der Waals surface area contributed by atoms with Gasteiger partial charge >= 0.3 is 29.8 Å². The van der Waals surface area contributed by atoms with Crippen LogP contribution in [0.4, 0.5) is 0 Å². The summed E-state index contributed by atoms with van der Waals surface area (Å²) in [6.45, 7) is 66.0. The van der Waals surface area contributed by atoms with Gasteiger partial charge in [-0.1, -0.05) is 394 Å². The van der Waals surface area contributed by atoms with E-state index in [4.69, 9.17) is 24.1 Å². The van der Waals surface area contributed by atoms with E-state index in [9.17, 15) is 33.6 Å². The highest BCUT2D eigenvalue weighted by Gasteiger charge is 2.28. The van der Waals surface area contributed by atoms with Gasteiger partial charge < -0.3 is 43.1 Å². The fourth-order valence-electron chi connectivity index (χ4n) is 8.75. The van der Waals surface area contributed by atoms with Crippen molar-refractivity contribution >= 4 is 59.0 Å². The van der Waals surface area contributed by atoms with Crippen molar-refractivity contribution in [3.05, 3.63) is 264 Å². The number of unbranched alkanes of at least 4 members (excludes halogenated alkanes) is 1. The summed E-state index contributed by atoms with van der Waals surface area (Å²) in [7, 11) is -1.15. The van der Waals surface area contributed by atoms with Crippen molar-refractivity contribution in [1.82, 2.24) is 0 Å². The molecule has 0 unspecified atom stereocenters. The number of Topliss-reactive ketones (excluding diaryl/α,β-unsaturated/α-hetero) is 1. The number of carbonyl (C=O) groups is 7. The van der Waals surface area contributed by atoms with E-state index < -0.39 is 16.9 Å². The first-order chi connectivity index (χ1) is 56.1. The largest absolute Gasteiger partial charge is 0.466 e. The third-order valence-corrected chi connectivity index (χ3v) is 17.8. The molecule has 0 saturated carbocycles. The average Bonchev–Trinajstić information content (AvgIpc) is 1.62. The van der Waals surface area contributed by atoms with Gasteiger partial charge in [0, 0.05) is 64.0 Å².